The monoisotopic (exact) mass is 285 g/mol. The minimum Gasteiger partial charge on any atom is -0.481 e. The lowest BCUT2D eigenvalue weighted by atomic mass is 10.1. The molecule has 0 saturated heterocycles. The highest BCUT2D eigenvalue weighted by atomic mass is 35.5. The Morgan fingerprint density at radius 2 is 2.00 bits per heavy atom. The van der Waals surface area contributed by atoms with E-state index in [0.29, 0.717) is 11.3 Å². The topological polar surface area (TPSA) is 75.6 Å². The number of hydrogen-bond acceptors (Lipinski definition) is 3. The zero-order valence-corrected chi connectivity index (χ0v) is 11.7. The summed E-state index contributed by atoms with van der Waals surface area (Å²) in [6.45, 7) is 5.24. The Bertz CT molecular complexity index is 494. The van der Waals surface area contributed by atoms with Crippen LogP contribution in [0.4, 0.5) is 10.5 Å². The number of amides is 1. The molecular formula is C13H16ClNO4. The lowest BCUT2D eigenvalue weighted by molar-refractivity contribution is -0.136. The largest absolute Gasteiger partial charge is 0.481 e. The van der Waals surface area contributed by atoms with Crippen molar-refractivity contribution in [3.05, 3.63) is 28.8 Å². The van der Waals surface area contributed by atoms with Crippen LogP contribution in [0.15, 0.2) is 18.2 Å². The number of carbonyl (C=O) groups is 2. The smallest absolute Gasteiger partial charge is 0.412 e. The summed E-state index contributed by atoms with van der Waals surface area (Å²) in [6, 6.07) is 4.80. The number of benzene rings is 1. The molecule has 0 heterocycles. The number of halogens is 1. The molecule has 0 atom stereocenters. The first-order valence-corrected chi connectivity index (χ1v) is 6.06. The number of hydrogen-bond donors (Lipinski definition) is 2. The number of aliphatic carboxylic acids is 1. The Kier molecular flexibility index (Phi) is 4.78. The van der Waals surface area contributed by atoms with Gasteiger partial charge in [-0.15, -0.1) is 0 Å². The van der Waals surface area contributed by atoms with Gasteiger partial charge in [0, 0.05) is 0 Å². The standard InChI is InChI=1S/C13H16ClNO4/c1-13(2,3)19-12(18)15-9-6-4-5-8(11(9)14)7-10(16)17/h4-6H,7H2,1-3H3,(H,15,18)(H,16,17). The molecule has 1 aromatic rings. The van der Waals surface area contributed by atoms with E-state index in [0.717, 1.165) is 0 Å². The summed E-state index contributed by atoms with van der Waals surface area (Å²) in [7, 11) is 0. The highest BCUT2D eigenvalue weighted by Crippen LogP contribution is 2.26. The van der Waals surface area contributed by atoms with Crippen LogP contribution in [-0.2, 0) is 16.0 Å². The number of rotatable bonds is 3. The van der Waals surface area contributed by atoms with Crippen LogP contribution in [0.5, 0.6) is 0 Å². The van der Waals surface area contributed by atoms with Gasteiger partial charge in [-0.2, -0.15) is 0 Å². The van der Waals surface area contributed by atoms with Gasteiger partial charge in [0.25, 0.3) is 0 Å². The molecule has 0 fully saturated rings. The second kappa shape index (κ2) is 5.93. The third-order valence-corrected chi connectivity index (χ3v) is 2.50. The Balaban J connectivity index is 2.85. The molecule has 0 spiro atoms. The number of carboxylic acid groups (broad SMARTS) is 1. The van der Waals surface area contributed by atoms with Crippen LogP contribution in [0.3, 0.4) is 0 Å². The summed E-state index contributed by atoms with van der Waals surface area (Å²) >= 11 is 6.03. The minimum absolute atomic E-state index is 0.204. The average Bonchev–Trinajstić information content (AvgIpc) is 2.20. The van der Waals surface area contributed by atoms with E-state index in [1.165, 1.54) is 0 Å². The first-order valence-electron chi connectivity index (χ1n) is 5.68. The van der Waals surface area contributed by atoms with E-state index in [-0.39, 0.29) is 11.4 Å². The fourth-order valence-electron chi connectivity index (χ4n) is 1.39. The molecule has 0 bridgehead atoms. The van der Waals surface area contributed by atoms with Gasteiger partial charge in [-0.1, -0.05) is 23.7 Å². The molecular weight excluding hydrogens is 270 g/mol. The Morgan fingerprint density at radius 1 is 1.37 bits per heavy atom. The zero-order valence-electron chi connectivity index (χ0n) is 11.0. The average molecular weight is 286 g/mol. The summed E-state index contributed by atoms with van der Waals surface area (Å²) < 4.78 is 5.09. The summed E-state index contributed by atoms with van der Waals surface area (Å²) in [4.78, 5) is 22.3. The second-order valence-electron chi connectivity index (χ2n) is 4.98. The minimum atomic E-state index is -0.990. The number of carboxylic acids is 1. The molecule has 6 heteroatoms. The molecule has 0 aromatic heterocycles. The molecule has 19 heavy (non-hydrogen) atoms. The fraction of sp³-hybridized carbons (Fsp3) is 0.385. The van der Waals surface area contributed by atoms with Crippen LogP contribution in [0.25, 0.3) is 0 Å². The van der Waals surface area contributed by atoms with Gasteiger partial charge in [-0.05, 0) is 32.4 Å². The molecule has 0 aliphatic heterocycles. The maximum atomic E-state index is 11.6. The van der Waals surface area contributed by atoms with E-state index < -0.39 is 17.7 Å². The van der Waals surface area contributed by atoms with Crippen molar-refractivity contribution in [2.45, 2.75) is 32.8 Å². The molecule has 5 nitrogen and oxygen atoms in total. The summed E-state index contributed by atoms with van der Waals surface area (Å²) in [6.07, 6.45) is -0.843. The number of ether oxygens (including phenoxy) is 1. The van der Waals surface area contributed by atoms with E-state index in [9.17, 15) is 9.59 Å². The maximum Gasteiger partial charge on any atom is 0.412 e. The first-order chi connectivity index (χ1) is 8.69. The Hall–Kier alpha value is -1.75. The van der Waals surface area contributed by atoms with Crippen LogP contribution < -0.4 is 5.32 Å². The lowest BCUT2D eigenvalue weighted by Crippen LogP contribution is -2.27. The summed E-state index contributed by atoms with van der Waals surface area (Å²) in [5, 5.41) is 11.4. The molecule has 1 aromatic carbocycles. The van der Waals surface area contributed by atoms with Gasteiger partial charge in [0.15, 0.2) is 0 Å². The molecule has 2 N–H and O–H groups in total. The van der Waals surface area contributed by atoms with Gasteiger partial charge in [-0.25, -0.2) is 4.79 Å². The number of carbonyl (C=O) groups excluding carboxylic acids is 1. The third-order valence-electron chi connectivity index (χ3n) is 2.06. The molecule has 0 saturated carbocycles. The van der Waals surface area contributed by atoms with Gasteiger partial charge >= 0.3 is 12.1 Å². The number of anilines is 1. The van der Waals surface area contributed by atoms with Crippen LogP contribution in [-0.4, -0.2) is 22.8 Å². The second-order valence-corrected chi connectivity index (χ2v) is 5.35. The van der Waals surface area contributed by atoms with Crippen LogP contribution in [0, 0.1) is 0 Å². The van der Waals surface area contributed by atoms with Crippen LogP contribution in [0.2, 0.25) is 5.02 Å². The fourth-order valence-corrected chi connectivity index (χ4v) is 1.63. The zero-order chi connectivity index (χ0) is 14.6. The van der Waals surface area contributed by atoms with Crippen molar-refractivity contribution in [1.29, 1.82) is 0 Å². The quantitative estimate of drug-likeness (QED) is 0.893. The molecule has 0 aliphatic rings. The molecule has 0 unspecified atom stereocenters. The van der Waals surface area contributed by atoms with Gasteiger partial charge in [0.2, 0.25) is 0 Å². The van der Waals surface area contributed by atoms with E-state index in [4.69, 9.17) is 21.4 Å². The maximum absolute atomic E-state index is 11.6. The Labute approximate surface area is 116 Å². The van der Waals surface area contributed by atoms with E-state index in [1.54, 1.807) is 39.0 Å². The van der Waals surface area contributed by atoms with Crippen molar-refractivity contribution in [1.82, 2.24) is 0 Å². The molecule has 0 aliphatic carbocycles. The van der Waals surface area contributed by atoms with Gasteiger partial charge in [0.05, 0.1) is 17.1 Å². The predicted molar refractivity (Wildman–Crippen MR) is 72.6 cm³/mol. The molecule has 1 rings (SSSR count). The first kappa shape index (κ1) is 15.3. The van der Waals surface area contributed by atoms with E-state index in [1.807, 2.05) is 0 Å². The summed E-state index contributed by atoms with van der Waals surface area (Å²) in [5.41, 5.74) is 0.146. The van der Waals surface area contributed by atoms with Crippen molar-refractivity contribution in [2.75, 3.05) is 5.32 Å². The third kappa shape index (κ3) is 5.18. The predicted octanol–water partition coefficient (Wildman–Crippen LogP) is 3.31. The summed E-state index contributed by atoms with van der Waals surface area (Å²) in [5.74, 6) is -0.990. The Morgan fingerprint density at radius 3 is 2.53 bits per heavy atom. The van der Waals surface area contributed by atoms with Gasteiger partial charge < -0.3 is 9.84 Å². The van der Waals surface area contributed by atoms with Gasteiger partial charge in [0.1, 0.15) is 5.60 Å². The molecule has 0 radical (unpaired) electrons. The highest BCUT2D eigenvalue weighted by Gasteiger charge is 2.18. The van der Waals surface area contributed by atoms with Gasteiger partial charge in [-0.3, -0.25) is 10.1 Å². The van der Waals surface area contributed by atoms with E-state index >= 15 is 0 Å². The van der Waals surface area contributed by atoms with Crippen molar-refractivity contribution in [2.24, 2.45) is 0 Å². The van der Waals surface area contributed by atoms with Crippen molar-refractivity contribution in [3.63, 3.8) is 0 Å². The van der Waals surface area contributed by atoms with Crippen molar-refractivity contribution < 1.29 is 19.4 Å². The van der Waals surface area contributed by atoms with Crippen molar-refractivity contribution in [3.8, 4) is 0 Å². The molecule has 1 amide bonds. The van der Waals surface area contributed by atoms with Crippen LogP contribution in [0.1, 0.15) is 26.3 Å². The lowest BCUT2D eigenvalue weighted by Gasteiger charge is -2.20. The SMILES string of the molecule is CC(C)(C)OC(=O)Nc1cccc(CC(=O)O)c1Cl. The number of nitrogens with one attached hydrogen (secondary N) is 1. The van der Waals surface area contributed by atoms with Crippen LogP contribution >= 0.6 is 11.6 Å². The molecule has 104 valence electrons. The highest BCUT2D eigenvalue weighted by molar-refractivity contribution is 6.34. The van der Waals surface area contributed by atoms with Crippen molar-refractivity contribution >= 4 is 29.4 Å². The van der Waals surface area contributed by atoms with E-state index in [2.05, 4.69) is 5.32 Å². The normalized spacial score (nSPS) is 10.9.